The van der Waals surface area contributed by atoms with Crippen LogP contribution in [0.2, 0.25) is 0 Å². The van der Waals surface area contributed by atoms with Crippen LogP contribution in [-0.4, -0.2) is 21.3 Å². The first-order valence-electron chi connectivity index (χ1n) is 5.41. The molecule has 4 heteroatoms. The summed E-state index contributed by atoms with van der Waals surface area (Å²) < 4.78 is 1.96. The molecule has 1 unspecified atom stereocenters. The molecule has 0 radical (unpaired) electrons. The standard InChI is InChI=1S/C11H20N2S2/c1-4-5-10(7-14)8-15-11-6-9(2)12-13(11)3/h6,10,14H,4-5,7-8H2,1-3H3. The van der Waals surface area contributed by atoms with Crippen LogP contribution in [0.1, 0.15) is 25.5 Å². The fraction of sp³-hybridized carbons (Fsp3) is 0.727. The van der Waals surface area contributed by atoms with Crippen molar-refractivity contribution in [1.29, 1.82) is 0 Å². The Morgan fingerprint density at radius 3 is 2.80 bits per heavy atom. The Hall–Kier alpha value is -0.0900. The predicted molar refractivity (Wildman–Crippen MR) is 70.9 cm³/mol. The zero-order valence-electron chi connectivity index (χ0n) is 9.73. The van der Waals surface area contributed by atoms with Gasteiger partial charge in [0.15, 0.2) is 0 Å². The fourth-order valence-electron chi connectivity index (χ4n) is 1.56. The van der Waals surface area contributed by atoms with Crippen molar-refractivity contribution < 1.29 is 0 Å². The second kappa shape index (κ2) is 6.48. The van der Waals surface area contributed by atoms with Crippen LogP contribution in [0.4, 0.5) is 0 Å². The van der Waals surface area contributed by atoms with Gasteiger partial charge in [0, 0.05) is 12.8 Å². The lowest BCUT2D eigenvalue weighted by atomic mass is 10.1. The second-order valence-electron chi connectivity index (χ2n) is 3.90. The van der Waals surface area contributed by atoms with E-state index in [9.17, 15) is 0 Å². The Morgan fingerprint density at radius 2 is 2.33 bits per heavy atom. The Labute approximate surface area is 102 Å². The number of hydrogen-bond donors (Lipinski definition) is 1. The summed E-state index contributed by atoms with van der Waals surface area (Å²) in [6, 6.07) is 2.15. The van der Waals surface area contributed by atoms with E-state index < -0.39 is 0 Å². The molecule has 0 aromatic carbocycles. The van der Waals surface area contributed by atoms with E-state index in [1.165, 1.54) is 17.9 Å². The van der Waals surface area contributed by atoms with Crippen LogP contribution < -0.4 is 0 Å². The summed E-state index contributed by atoms with van der Waals surface area (Å²) in [7, 11) is 2.00. The quantitative estimate of drug-likeness (QED) is 0.612. The zero-order valence-corrected chi connectivity index (χ0v) is 11.4. The van der Waals surface area contributed by atoms with E-state index in [4.69, 9.17) is 0 Å². The molecule has 2 nitrogen and oxygen atoms in total. The second-order valence-corrected chi connectivity index (χ2v) is 5.30. The molecular formula is C11H20N2S2. The molecule has 0 N–H and O–H groups in total. The van der Waals surface area contributed by atoms with Crippen molar-refractivity contribution in [2.75, 3.05) is 11.5 Å². The molecule has 15 heavy (non-hydrogen) atoms. The normalized spacial score (nSPS) is 13.1. The SMILES string of the molecule is CCCC(CS)CSc1cc(C)nn1C. The molecular weight excluding hydrogens is 224 g/mol. The molecule has 0 bridgehead atoms. The number of hydrogen-bond acceptors (Lipinski definition) is 3. The molecule has 0 saturated heterocycles. The van der Waals surface area contributed by atoms with Crippen molar-refractivity contribution in [2.24, 2.45) is 13.0 Å². The predicted octanol–water partition coefficient (Wildman–Crippen LogP) is 3.17. The number of aryl methyl sites for hydroxylation is 2. The van der Waals surface area contributed by atoms with Gasteiger partial charge in [-0.2, -0.15) is 17.7 Å². The lowest BCUT2D eigenvalue weighted by Crippen LogP contribution is -2.06. The third kappa shape index (κ3) is 4.11. The molecule has 0 aliphatic heterocycles. The van der Waals surface area contributed by atoms with Crippen LogP contribution in [0.25, 0.3) is 0 Å². The summed E-state index contributed by atoms with van der Waals surface area (Å²) in [5, 5.41) is 5.60. The molecule has 1 atom stereocenters. The topological polar surface area (TPSA) is 17.8 Å². The highest BCUT2D eigenvalue weighted by Gasteiger charge is 2.08. The Kier molecular flexibility index (Phi) is 5.61. The summed E-state index contributed by atoms with van der Waals surface area (Å²) in [4.78, 5) is 0. The van der Waals surface area contributed by atoms with Crippen molar-refractivity contribution in [2.45, 2.75) is 31.7 Å². The Morgan fingerprint density at radius 1 is 1.60 bits per heavy atom. The summed E-state index contributed by atoms with van der Waals surface area (Å²) >= 11 is 6.28. The molecule has 1 rings (SSSR count). The summed E-state index contributed by atoms with van der Waals surface area (Å²) in [6.07, 6.45) is 2.52. The first-order valence-corrected chi connectivity index (χ1v) is 7.03. The van der Waals surface area contributed by atoms with Gasteiger partial charge < -0.3 is 0 Å². The monoisotopic (exact) mass is 244 g/mol. The lowest BCUT2D eigenvalue weighted by Gasteiger charge is -2.12. The van der Waals surface area contributed by atoms with E-state index >= 15 is 0 Å². The van der Waals surface area contributed by atoms with Gasteiger partial charge in [0.25, 0.3) is 0 Å². The highest BCUT2D eigenvalue weighted by Crippen LogP contribution is 2.23. The maximum absolute atomic E-state index is 4.39. The van der Waals surface area contributed by atoms with Crippen molar-refractivity contribution >= 4 is 24.4 Å². The molecule has 0 spiro atoms. The van der Waals surface area contributed by atoms with E-state index in [1.807, 2.05) is 30.4 Å². The maximum Gasteiger partial charge on any atom is 0.0939 e. The summed E-state index contributed by atoms with van der Waals surface area (Å²) in [6.45, 7) is 4.27. The molecule has 0 aliphatic carbocycles. The average molecular weight is 244 g/mol. The van der Waals surface area contributed by atoms with Crippen LogP contribution in [-0.2, 0) is 7.05 Å². The number of nitrogens with zero attached hydrogens (tertiary/aromatic N) is 2. The molecule has 1 aromatic rings. The number of aromatic nitrogens is 2. The minimum atomic E-state index is 0.721. The van der Waals surface area contributed by atoms with E-state index in [0.29, 0.717) is 0 Å². The van der Waals surface area contributed by atoms with Crippen molar-refractivity contribution in [3.05, 3.63) is 11.8 Å². The molecule has 0 saturated carbocycles. The fourth-order valence-corrected chi connectivity index (χ4v) is 3.22. The molecule has 0 aliphatic rings. The summed E-state index contributed by atoms with van der Waals surface area (Å²) in [5.74, 6) is 2.85. The van der Waals surface area contributed by atoms with Gasteiger partial charge in [-0.25, -0.2) is 0 Å². The van der Waals surface area contributed by atoms with Gasteiger partial charge >= 0.3 is 0 Å². The number of rotatable bonds is 6. The van der Waals surface area contributed by atoms with Gasteiger partial charge in [-0.05, 0) is 31.1 Å². The minimum absolute atomic E-state index is 0.721. The van der Waals surface area contributed by atoms with E-state index in [0.717, 1.165) is 23.1 Å². The van der Waals surface area contributed by atoms with E-state index in [1.54, 1.807) is 0 Å². The molecule has 1 heterocycles. The largest absolute Gasteiger partial charge is 0.262 e. The van der Waals surface area contributed by atoms with E-state index in [2.05, 4.69) is 30.7 Å². The summed E-state index contributed by atoms with van der Waals surface area (Å²) in [5.41, 5.74) is 1.10. The van der Waals surface area contributed by atoms with Gasteiger partial charge in [0.1, 0.15) is 0 Å². The third-order valence-corrected chi connectivity index (χ3v) is 4.21. The van der Waals surface area contributed by atoms with Crippen LogP contribution in [0.5, 0.6) is 0 Å². The lowest BCUT2D eigenvalue weighted by molar-refractivity contribution is 0.594. The molecule has 0 amide bonds. The first kappa shape index (κ1) is 13.0. The van der Waals surface area contributed by atoms with E-state index in [-0.39, 0.29) is 0 Å². The highest BCUT2D eigenvalue weighted by molar-refractivity contribution is 7.99. The van der Waals surface area contributed by atoms with Gasteiger partial charge in [0.2, 0.25) is 0 Å². The maximum atomic E-state index is 4.39. The van der Waals surface area contributed by atoms with Crippen molar-refractivity contribution in [1.82, 2.24) is 9.78 Å². The zero-order chi connectivity index (χ0) is 11.3. The number of thioether (sulfide) groups is 1. The smallest absolute Gasteiger partial charge is 0.0939 e. The Bertz CT molecular complexity index is 297. The molecule has 0 fully saturated rings. The van der Waals surface area contributed by atoms with Crippen LogP contribution >= 0.6 is 24.4 Å². The van der Waals surface area contributed by atoms with Gasteiger partial charge in [0.05, 0.1) is 10.7 Å². The minimum Gasteiger partial charge on any atom is -0.262 e. The first-order chi connectivity index (χ1) is 7.17. The van der Waals surface area contributed by atoms with Gasteiger partial charge in [-0.3, -0.25) is 4.68 Å². The van der Waals surface area contributed by atoms with Crippen LogP contribution in [0.15, 0.2) is 11.1 Å². The average Bonchev–Trinajstić information content (AvgIpc) is 2.52. The number of thiol groups is 1. The Balaban J connectivity index is 2.44. The third-order valence-electron chi connectivity index (χ3n) is 2.38. The molecule has 1 aromatic heterocycles. The molecule has 86 valence electrons. The van der Waals surface area contributed by atoms with Crippen molar-refractivity contribution in [3.8, 4) is 0 Å². The van der Waals surface area contributed by atoms with Crippen LogP contribution in [0.3, 0.4) is 0 Å². The van der Waals surface area contributed by atoms with Crippen molar-refractivity contribution in [3.63, 3.8) is 0 Å². The van der Waals surface area contributed by atoms with Gasteiger partial charge in [-0.1, -0.05) is 13.3 Å². The van der Waals surface area contributed by atoms with Crippen LogP contribution in [0, 0.1) is 12.8 Å². The highest BCUT2D eigenvalue weighted by atomic mass is 32.2. The van der Waals surface area contributed by atoms with Gasteiger partial charge in [-0.15, -0.1) is 11.8 Å².